The van der Waals surface area contributed by atoms with E-state index in [-0.39, 0.29) is 0 Å². The SMILES string of the molecule is [CH2]CCCC#CCCCCCCCCCCCCCCCCC[CH2]. The van der Waals surface area contributed by atoms with E-state index in [0.29, 0.717) is 0 Å². The maximum atomic E-state index is 3.90. The highest BCUT2D eigenvalue weighted by Crippen LogP contribution is 2.13. The average molecular weight is 333 g/mol. The Bertz CT molecular complexity index is 267. The fraction of sp³-hybridized carbons (Fsp3) is 0.833. The largest absolute Gasteiger partial charge is 0.103 e. The smallest absolute Gasteiger partial charge is 0.00886 e. The van der Waals surface area contributed by atoms with Gasteiger partial charge in [-0.1, -0.05) is 117 Å². The van der Waals surface area contributed by atoms with Gasteiger partial charge in [-0.15, -0.1) is 11.8 Å². The van der Waals surface area contributed by atoms with Crippen molar-refractivity contribution in [3.05, 3.63) is 13.8 Å². The molecule has 0 rings (SSSR count). The minimum absolute atomic E-state index is 1.02. The summed E-state index contributed by atoms with van der Waals surface area (Å²) in [5.41, 5.74) is 0. The third kappa shape index (κ3) is 21.6. The Hall–Kier alpha value is -0.440. The molecule has 0 nitrogen and oxygen atoms in total. The van der Waals surface area contributed by atoms with E-state index >= 15 is 0 Å². The topological polar surface area (TPSA) is 0 Å². The van der Waals surface area contributed by atoms with Crippen LogP contribution >= 0.6 is 0 Å². The number of hydrogen-bond acceptors (Lipinski definition) is 0. The molecule has 0 heteroatoms. The monoisotopic (exact) mass is 332 g/mol. The highest BCUT2D eigenvalue weighted by Gasteiger charge is 1.94. The zero-order valence-electron chi connectivity index (χ0n) is 16.6. The first-order valence-electron chi connectivity index (χ1n) is 11.0. The maximum Gasteiger partial charge on any atom is 0.00886 e. The molecule has 0 aliphatic heterocycles. The van der Waals surface area contributed by atoms with Crippen LogP contribution in [0.2, 0.25) is 0 Å². The summed E-state index contributed by atoms with van der Waals surface area (Å²) in [6, 6.07) is 0. The third-order valence-electron chi connectivity index (χ3n) is 4.73. The van der Waals surface area contributed by atoms with Crippen molar-refractivity contribution < 1.29 is 0 Å². The molecule has 0 saturated carbocycles. The van der Waals surface area contributed by atoms with Gasteiger partial charge >= 0.3 is 0 Å². The fourth-order valence-corrected chi connectivity index (χ4v) is 3.08. The molecule has 0 atom stereocenters. The van der Waals surface area contributed by atoms with Gasteiger partial charge in [0.2, 0.25) is 0 Å². The van der Waals surface area contributed by atoms with Crippen molar-refractivity contribution in [1.29, 1.82) is 0 Å². The van der Waals surface area contributed by atoms with Gasteiger partial charge in [0.25, 0.3) is 0 Å². The minimum atomic E-state index is 1.02. The molecule has 0 spiro atoms. The van der Waals surface area contributed by atoms with Crippen LogP contribution in [0.3, 0.4) is 0 Å². The Morgan fingerprint density at radius 2 is 0.625 bits per heavy atom. The zero-order valence-corrected chi connectivity index (χ0v) is 16.6. The number of hydrogen-bond donors (Lipinski definition) is 0. The van der Waals surface area contributed by atoms with Crippen LogP contribution in [0.25, 0.3) is 0 Å². The summed E-state index contributed by atoms with van der Waals surface area (Å²) in [6.07, 6.45) is 26.7. The van der Waals surface area contributed by atoms with Gasteiger partial charge in [0.15, 0.2) is 0 Å². The average Bonchev–Trinajstić information content (AvgIpc) is 2.60. The molecular formula is C24H44. The van der Waals surface area contributed by atoms with Gasteiger partial charge in [-0.3, -0.25) is 0 Å². The highest BCUT2D eigenvalue weighted by atomic mass is 14.0. The standard InChI is InChI=1S/C24H44/c1-3-5-7-9-11-13-15-17-19-21-23-24-22-20-18-16-14-12-10-8-6-4-2/h1-9,11,13-24H2. The first-order chi connectivity index (χ1) is 11.9. The Kier molecular flexibility index (Phi) is 22.1. The molecule has 0 aromatic rings. The third-order valence-corrected chi connectivity index (χ3v) is 4.73. The fourth-order valence-electron chi connectivity index (χ4n) is 3.08. The molecule has 0 aliphatic rings. The summed E-state index contributed by atoms with van der Waals surface area (Å²) in [5.74, 6) is 6.54. The lowest BCUT2D eigenvalue weighted by Crippen LogP contribution is -1.83. The van der Waals surface area contributed by atoms with E-state index in [1.807, 2.05) is 0 Å². The van der Waals surface area contributed by atoms with E-state index in [1.54, 1.807) is 0 Å². The minimum Gasteiger partial charge on any atom is -0.103 e. The summed E-state index contributed by atoms with van der Waals surface area (Å²) in [6.45, 7) is 7.73. The molecule has 0 N–H and O–H groups in total. The van der Waals surface area contributed by atoms with Gasteiger partial charge in [-0.05, 0) is 12.8 Å². The van der Waals surface area contributed by atoms with Crippen LogP contribution in [0.4, 0.5) is 0 Å². The Morgan fingerprint density at radius 1 is 0.333 bits per heavy atom. The molecule has 0 heterocycles. The normalized spacial score (nSPS) is 10.6. The summed E-state index contributed by atoms with van der Waals surface area (Å²) >= 11 is 0. The van der Waals surface area contributed by atoms with Crippen LogP contribution < -0.4 is 0 Å². The molecule has 2 radical (unpaired) electrons. The summed E-state index contributed by atoms with van der Waals surface area (Å²) in [7, 11) is 0. The predicted octanol–water partition coefficient (Wildman–Crippen LogP) is 8.46. The number of unbranched alkanes of at least 4 members (excludes halogenated alkanes) is 18. The lowest BCUT2D eigenvalue weighted by Gasteiger charge is -2.03. The molecule has 0 unspecified atom stereocenters. The van der Waals surface area contributed by atoms with Crippen molar-refractivity contribution in [3.63, 3.8) is 0 Å². The maximum absolute atomic E-state index is 3.90. The molecule has 0 amide bonds. The molecule has 0 saturated heterocycles. The van der Waals surface area contributed by atoms with E-state index < -0.39 is 0 Å². The molecule has 24 heavy (non-hydrogen) atoms. The molecule has 0 bridgehead atoms. The van der Waals surface area contributed by atoms with Crippen molar-refractivity contribution in [2.75, 3.05) is 0 Å². The van der Waals surface area contributed by atoms with E-state index in [0.717, 1.165) is 32.1 Å². The highest BCUT2D eigenvalue weighted by molar-refractivity contribution is 4.98. The van der Waals surface area contributed by atoms with Crippen LogP contribution in [-0.4, -0.2) is 0 Å². The quantitative estimate of drug-likeness (QED) is 0.174. The molecule has 0 aliphatic carbocycles. The van der Waals surface area contributed by atoms with E-state index in [9.17, 15) is 0 Å². The van der Waals surface area contributed by atoms with E-state index in [2.05, 4.69) is 25.7 Å². The van der Waals surface area contributed by atoms with Crippen LogP contribution in [0, 0.1) is 25.7 Å². The first-order valence-corrected chi connectivity index (χ1v) is 11.0. The van der Waals surface area contributed by atoms with Crippen molar-refractivity contribution >= 4 is 0 Å². The van der Waals surface area contributed by atoms with Crippen molar-refractivity contribution in [3.8, 4) is 11.8 Å². The lowest BCUT2D eigenvalue weighted by atomic mass is 10.0. The van der Waals surface area contributed by atoms with Gasteiger partial charge in [0.1, 0.15) is 0 Å². The predicted molar refractivity (Wildman–Crippen MR) is 111 cm³/mol. The molecular weight excluding hydrogens is 288 g/mol. The van der Waals surface area contributed by atoms with Crippen LogP contribution in [-0.2, 0) is 0 Å². The van der Waals surface area contributed by atoms with Gasteiger partial charge in [0, 0.05) is 12.8 Å². The van der Waals surface area contributed by atoms with E-state index in [4.69, 9.17) is 0 Å². The molecule has 0 aromatic carbocycles. The molecule has 0 fully saturated rings. The summed E-state index contributed by atoms with van der Waals surface area (Å²) in [4.78, 5) is 0. The van der Waals surface area contributed by atoms with Crippen LogP contribution in [0.1, 0.15) is 128 Å². The second-order valence-electron chi connectivity index (χ2n) is 7.22. The second-order valence-corrected chi connectivity index (χ2v) is 7.22. The first kappa shape index (κ1) is 23.6. The molecule has 140 valence electrons. The van der Waals surface area contributed by atoms with Gasteiger partial charge in [0.05, 0.1) is 0 Å². The van der Waals surface area contributed by atoms with Crippen molar-refractivity contribution in [1.82, 2.24) is 0 Å². The van der Waals surface area contributed by atoms with Crippen molar-refractivity contribution in [2.24, 2.45) is 0 Å². The summed E-state index contributed by atoms with van der Waals surface area (Å²) < 4.78 is 0. The van der Waals surface area contributed by atoms with Gasteiger partial charge < -0.3 is 0 Å². The Labute approximate surface area is 154 Å². The Morgan fingerprint density at radius 3 is 1.00 bits per heavy atom. The van der Waals surface area contributed by atoms with Gasteiger partial charge in [-0.25, -0.2) is 0 Å². The van der Waals surface area contributed by atoms with Crippen molar-refractivity contribution in [2.45, 2.75) is 128 Å². The van der Waals surface area contributed by atoms with Crippen LogP contribution in [0.15, 0.2) is 0 Å². The van der Waals surface area contributed by atoms with Crippen LogP contribution in [0.5, 0.6) is 0 Å². The Balaban J connectivity index is 3.01. The number of rotatable bonds is 18. The lowest BCUT2D eigenvalue weighted by molar-refractivity contribution is 0.531. The van der Waals surface area contributed by atoms with E-state index in [1.165, 1.54) is 96.3 Å². The summed E-state index contributed by atoms with van der Waals surface area (Å²) in [5, 5.41) is 0. The zero-order chi connectivity index (χ0) is 17.6. The van der Waals surface area contributed by atoms with Gasteiger partial charge in [-0.2, -0.15) is 0 Å². The second kappa shape index (κ2) is 22.6. The molecule has 0 aromatic heterocycles.